The van der Waals surface area contributed by atoms with Crippen LogP contribution in [0.15, 0.2) is 35.5 Å². The summed E-state index contributed by atoms with van der Waals surface area (Å²) in [4.78, 5) is 17.1. The van der Waals surface area contributed by atoms with Gasteiger partial charge in [0.05, 0.1) is 12.2 Å². The summed E-state index contributed by atoms with van der Waals surface area (Å²) in [6.45, 7) is -4.87. The Morgan fingerprint density at radius 2 is 1.94 bits per heavy atom. The molecule has 0 saturated carbocycles. The number of methoxy groups -OCH3 is 1. The smallest absolute Gasteiger partial charge is 0.419 e. The Kier molecular flexibility index (Phi) is 7.39. The van der Waals surface area contributed by atoms with Gasteiger partial charge in [-0.15, -0.1) is 0 Å². The quantitative estimate of drug-likeness (QED) is 0.512. The summed E-state index contributed by atoms with van der Waals surface area (Å²) in [5.41, 5.74) is -4.04. The van der Waals surface area contributed by atoms with Crippen LogP contribution in [-0.2, 0) is 19.6 Å². The molecule has 2 heterocycles. The zero-order valence-corrected chi connectivity index (χ0v) is 18.8. The molecule has 3 N–H and O–H groups in total. The van der Waals surface area contributed by atoms with Gasteiger partial charge in [-0.05, 0) is 18.2 Å². The van der Waals surface area contributed by atoms with E-state index in [-0.39, 0.29) is 5.69 Å². The molecule has 2 unspecified atom stereocenters. The van der Waals surface area contributed by atoms with E-state index in [0.29, 0.717) is 24.1 Å². The first kappa shape index (κ1) is 27.4. The number of nitrogens with zero attached hydrogens (tertiary/aromatic N) is 2. The molecule has 2 aromatic rings. The minimum atomic E-state index is -5.09. The van der Waals surface area contributed by atoms with Crippen LogP contribution in [0.4, 0.5) is 42.1 Å². The van der Waals surface area contributed by atoms with Crippen LogP contribution in [-0.4, -0.2) is 57.4 Å². The molecule has 198 valence electrons. The molecule has 2 atom stereocenters. The lowest BCUT2D eigenvalue weighted by atomic mass is 9.99. The summed E-state index contributed by atoms with van der Waals surface area (Å²) in [6.07, 6.45) is -5.24. The molecule has 9 nitrogen and oxygen atoms in total. The van der Waals surface area contributed by atoms with Crippen LogP contribution >= 0.6 is 0 Å². The van der Waals surface area contributed by atoms with Crippen LogP contribution in [0.2, 0.25) is 0 Å². The van der Waals surface area contributed by atoms with E-state index in [2.05, 4.69) is 19.8 Å². The van der Waals surface area contributed by atoms with Crippen LogP contribution in [0.25, 0.3) is 0 Å². The van der Waals surface area contributed by atoms with Gasteiger partial charge in [-0.1, -0.05) is 0 Å². The second kappa shape index (κ2) is 9.70. The summed E-state index contributed by atoms with van der Waals surface area (Å²) >= 11 is 0. The predicted octanol–water partition coefficient (Wildman–Crippen LogP) is 2.77. The van der Waals surface area contributed by atoms with Gasteiger partial charge in [0.25, 0.3) is 10.0 Å². The van der Waals surface area contributed by atoms with Gasteiger partial charge in [0.1, 0.15) is 6.04 Å². The van der Waals surface area contributed by atoms with E-state index in [9.17, 15) is 43.9 Å². The van der Waals surface area contributed by atoms with Gasteiger partial charge in [0.2, 0.25) is 11.7 Å². The number of benzene rings is 1. The molecule has 1 aliphatic rings. The van der Waals surface area contributed by atoms with Gasteiger partial charge >= 0.3 is 12.8 Å². The predicted molar refractivity (Wildman–Crippen MR) is 109 cm³/mol. The number of aromatic nitrogens is 1. The summed E-state index contributed by atoms with van der Waals surface area (Å²) in [5.74, 6) is -6.16. The van der Waals surface area contributed by atoms with E-state index in [1.807, 2.05) is 0 Å². The SMILES string of the molecule is COC1(C(F)(F)F)CC(C(=O)Nc2ccnc(S(N)(=O)=O)c2)N(c2ccc(F)c(F)c2OC(F)F)C1. The van der Waals surface area contributed by atoms with E-state index < -0.39 is 81.4 Å². The second-order valence-corrected chi connectivity index (χ2v) is 9.06. The number of amides is 1. The molecular formula is C19H17F7N4O5S. The highest BCUT2D eigenvalue weighted by molar-refractivity contribution is 7.89. The van der Waals surface area contributed by atoms with Crippen LogP contribution in [0.3, 0.4) is 0 Å². The highest BCUT2D eigenvalue weighted by Crippen LogP contribution is 2.47. The molecule has 1 fully saturated rings. The number of sulfonamides is 1. The van der Waals surface area contributed by atoms with Crippen LogP contribution < -0.4 is 20.1 Å². The first-order valence-electron chi connectivity index (χ1n) is 9.70. The van der Waals surface area contributed by atoms with Crippen molar-refractivity contribution in [2.45, 2.75) is 35.9 Å². The molecule has 36 heavy (non-hydrogen) atoms. The lowest BCUT2D eigenvalue weighted by Gasteiger charge is -2.31. The fourth-order valence-corrected chi connectivity index (χ4v) is 4.15. The molecule has 1 aliphatic heterocycles. The number of rotatable bonds is 7. The number of hydrogen-bond donors (Lipinski definition) is 2. The lowest BCUT2D eigenvalue weighted by Crippen LogP contribution is -2.49. The van der Waals surface area contributed by atoms with Gasteiger partial charge in [-0.2, -0.15) is 26.3 Å². The van der Waals surface area contributed by atoms with Crippen LogP contribution in [0.1, 0.15) is 6.42 Å². The molecule has 3 rings (SSSR count). The minimum Gasteiger partial charge on any atom is -0.429 e. The topological polar surface area (TPSA) is 124 Å². The Morgan fingerprint density at radius 1 is 1.28 bits per heavy atom. The van der Waals surface area contributed by atoms with E-state index in [1.165, 1.54) is 0 Å². The highest BCUT2D eigenvalue weighted by atomic mass is 32.2. The van der Waals surface area contributed by atoms with E-state index in [4.69, 9.17) is 5.14 Å². The van der Waals surface area contributed by atoms with Crippen molar-refractivity contribution in [2.24, 2.45) is 5.14 Å². The van der Waals surface area contributed by atoms with Gasteiger partial charge in [0, 0.05) is 31.5 Å². The number of primary sulfonamides is 1. The van der Waals surface area contributed by atoms with E-state index in [0.717, 1.165) is 18.3 Å². The van der Waals surface area contributed by atoms with Crippen molar-refractivity contribution in [1.82, 2.24) is 4.98 Å². The van der Waals surface area contributed by atoms with Crippen molar-refractivity contribution in [1.29, 1.82) is 0 Å². The number of alkyl halides is 5. The number of carbonyl (C=O) groups is 1. The standard InChI is InChI=1S/C19H17F7N4O5S/c1-34-18(19(24,25)26)7-12(16(31)29-9-4-5-28-13(6-9)36(27,32)33)30(8-18)11-3-2-10(20)14(21)15(11)35-17(22)23/h2-6,12,17H,7-8H2,1H3,(H2,27,32,33)(H,28,29,31). The number of nitrogens with one attached hydrogen (secondary N) is 1. The van der Waals surface area contributed by atoms with Crippen molar-refractivity contribution >= 4 is 27.3 Å². The largest absolute Gasteiger partial charge is 0.429 e. The fraction of sp³-hybridized carbons (Fsp3) is 0.368. The number of ether oxygens (including phenoxy) is 2. The van der Waals surface area contributed by atoms with Crippen molar-refractivity contribution in [3.63, 3.8) is 0 Å². The maximum Gasteiger partial charge on any atom is 0.419 e. The number of carbonyl (C=O) groups excluding carboxylic acids is 1. The monoisotopic (exact) mass is 546 g/mol. The molecule has 0 spiro atoms. The Morgan fingerprint density at radius 3 is 2.50 bits per heavy atom. The zero-order chi connectivity index (χ0) is 27.1. The van der Waals surface area contributed by atoms with Gasteiger partial charge < -0.3 is 19.7 Å². The third-order valence-electron chi connectivity index (χ3n) is 5.37. The highest BCUT2D eigenvalue weighted by Gasteiger charge is 2.63. The molecular weight excluding hydrogens is 529 g/mol. The van der Waals surface area contributed by atoms with Gasteiger partial charge in [0.15, 0.2) is 22.2 Å². The number of halogens is 7. The Hall–Kier alpha value is -3.18. The van der Waals surface area contributed by atoms with Crippen molar-refractivity contribution in [3.8, 4) is 5.75 Å². The van der Waals surface area contributed by atoms with Crippen LogP contribution in [0.5, 0.6) is 5.75 Å². The summed E-state index contributed by atoms with van der Waals surface area (Å²) in [5, 5.41) is 6.47. The van der Waals surface area contributed by atoms with Crippen molar-refractivity contribution in [3.05, 3.63) is 42.1 Å². The van der Waals surface area contributed by atoms with Crippen molar-refractivity contribution < 1.29 is 53.4 Å². The summed E-state index contributed by atoms with van der Waals surface area (Å²) in [6, 6.07) is 1.19. The maximum atomic E-state index is 14.3. The minimum absolute atomic E-state index is 0.241. The second-order valence-electron chi connectivity index (χ2n) is 7.55. The van der Waals surface area contributed by atoms with Crippen molar-refractivity contribution in [2.75, 3.05) is 23.9 Å². The first-order valence-corrected chi connectivity index (χ1v) is 11.3. The third kappa shape index (κ3) is 5.31. The Balaban J connectivity index is 2.09. The maximum absolute atomic E-state index is 14.3. The fourth-order valence-electron chi connectivity index (χ4n) is 3.65. The molecule has 0 radical (unpaired) electrons. The molecule has 0 aliphatic carbocycles. The van der Waals surface area contributed by atoms with Crippen LogP contribution in [0, 0.1) is 11.6 Å². The molecule has 0 bridgehead atoms. The molecule has 1 aromatic heterocycles. The number of nitrogens with two attached hydrogens (primary N) is 1. The van der Waals surface area contributed by atoms with E-state index in [1.54, 1.807) is 0 Å². The van der Waals surface area contributed by atoms with Gasteiger partial charge in [-0.3, -0.25) is 4.79 Å². The summed E-state index contributed by atoms with van der Waals surface area (Å²) < 4.78 is 127. The van der Waals surface area contributed by atoms with E-state index >= 15 is 0 Å². The molecule has 1 amide bonds. The molecule has 1 aromatic carbocycles. The lowest BCUT2D eigenvalue weighted by molar-refractivity contribution is -0.261. The average Bonchev–Trinajstić information content (AvgIpc) is 3.18. The Labute approximate surface area is 199 Å². The number of anilines is 2. The zero-order valence-electron chi connectivity index (χ0n) is 18.0. The average molecular weight is 546 g/mol. The van der Waals surface area contributed by atoms with Gasteiger partial charge in [-0.25, -0.2) is 22.9 Å². The Bertz CT molecular complexity index is 1260. The summed E-state index contributed by atoms with van der Waals surface area (Å²) in [7, 11) is -3.60. The number of pyridine rings is 1. The first-order chi connectivity index (χ1) is 16.6. The molecule has 17 heteroatoms. The third-order valence-corrected chi connectivity index (χ3v) is 6.18. The number of hydrogen-bond acceptors (Lipinski definition) is 7. The normalized spacial score (nSPS) is 20.6. The molecule has 1 saturated heterocycles.